The van der Waals surface area contributed by atoms with Crippen LogP contribution in [0.15, 0.2) is 65.7 Å². The number of alkyl halides is 3. The van der Waals surface area contributed by atoms with Crippen LogP contribution in [0.4, 0.5) is 30.6 Å². The van der Waals surface area contributed by atoms with Gasteiger partial charge < -0.3 is 10.6 Å². The molecule has 0 saturated heterocycles. The Balaban J connectivity index is 1.68. The lowest BCUT2D eigenvalue weighted by Crippen LogP contribution is -2.20. The lowest BCUT2D eigenvalue weighted by atomic mass is 9.94. The van der Waals surface area contributed by atoms with E-state index in [2.05, 4.69) is 25.6 Å². The van der Waals surface area contributed by atoms with Crippen LogP contribution in [0.1, 0.15) is 11.1 Å². The number of hydrogen-bond acceptors (Lipinski definition) is 6. The van der Waals surface area contributed by atoms with Gasteiger partial charge in [0.2, 0.25) is 5.95 Å². The number of rotatable bonds is 4. The first-order valence-electron chi connectivity index (χ1n) is 11.0. The molecule has 5 aromatic rings. The van der Waals surface area contributed by atoms with Crippen LogP contribution in [0.25, 0.3) is 32.9 Å². The van der Waals surface area contributed by atoms with Crippen molar-refractivity contribution in [2.45, 2.75) is 13.1 Å². The van der Waals surface area contributed by atoms with Gasteiger partial charge in [0.15, 0.2) is 0 Å². The summed E-state index contributed by atoms with van der Waals surface area (Å²) in [5.74, 6) is 0.788. The van der Waals surface area contributed by atoms with Crippen molar-refractivity contribution in [2.24, 2.45) is 7.05 Å². The standard InChI is InChI=1S/C26H21F3N6O/c1-14-7-8-19-18(9-10-31-22(19)33-17-6-4-5-16(12-17)26(27,28)29)21(14)20-11-15-13-32-25(30-2)34-23(15)35(3)24(20)36/h4-13H,1-3H3,(H,31,33)(H,30,32,34). The molecule has 0 fully saturated rings. The normalized spacial score (nSPS) is 11.7. The summed E-state index contributed by atoms with van der Waals surface area (Å²) in [5, 5.41) is 7.97. The fraction of sp³-hybridized carbons (Fsp3) is 0.154. The maximum atomic E-state index is 13.4. The molecule has 0 aliphatic heterocycles. The average Bonchev–Trinajstić information content (AvgIpc) is 2.86. The predicted octanol–water partition coefficient (Wildman–Crippen LogP) is 5.66. The Bertz CT molecular complexity index is 1690. The highest BCUT2D eigenvalue weighted by Crippen LogP contribution is 2.36. The average molecular weight is 490 g/mol. The van der Waals surface area contributed by atoms with Crippen LogP contribution in [0.2, 0.25) is 0 Å². The molecule has 5 rings (SSSR count). The molecule has 0 radical (unpaired) electrons. The van der Waals surface area contributed by atoms with Gasteiger partial charge in [-0.3, -0.25) is 9.36 Å². The SMILES string of the molecule is CNc1ncc2cc(-c3c(C)ccc4c(Nc5cccc(C(F)(F)F)c5)nccc34)c(=O)n(C)c2n1. The van der Waals surface area contributed by atoms with Crippen molar-refractivity contribution in [3.8, 4) is 11.1 Å². The van der Waals surface area contributed by atoms with E-state index in [1.54, 1.807) is 44.7 Å². The Kier molecular flexibility index (Phi) is 5.58. The zero-order chi connectivity index (χ0) is 25.6. The third-order valence-electron chi connectivity index (χ3n) is 6.05. The summed E-state index contributed by atoms with van der Waals surface area (Å²) >= 11 is 0. The van der Waals surface area contributed by atoms with Gasteiger partial charge in [-0.1, -0.05) is 18.2 Å². The van der Waals surface area contributed by atoms with E-state index >= 15 is 0 Å². The molecule has 2 aromatic carbocycles. The first-order chi connectivity index (χ1) is 17.2. The molecule has 0 saturated carbocycles. The van der Waals surface area contributed by atoms with Crippen LogP contribution in [-0.4, -0.2) is 26.6 Å². The summed E-state index contributed by atoms with van der Waals surface area (Å²) in [6.45, 7) is 1.90. The number of anilines is 3. The third-order valence-corrected chi connectivity index (χ3v) is 6.05. The quantitative estimate of drug-likeness (QED) is 0.338. The number of pyridine rings is 2. The maximum absolute atomic E-state index is 13.4. The lowest BCUT2D eigenvalue weighted by molar-refractivity contribution is -0.137. The fourth-order valence-electron chi connectivity index (χ4n) is 4.28. The Morgan fingerprint density at radius 3 is 2.56 bits per heavy atom. The number of aryl methyl sites for hydroxylation is 2. The topological polar surface area (TPSA) is 84.7 Å². The Morgan fingerprint density at radius 2 is 1.81 bits per heavy atom. The van der Waals surface area contributed by atoms with Crippen molar-refractivity contribution in [3.05, 3.63) is 82.4 Å². The summed E-state index contributed by atoms with van der Waals surface area (Å²) in [6, 6.07) is 12.2. The Morgan fingerprint density at radius 1 is 1.00 bits per heavy atom. The molecule has 0 spiro atoms. The third kappa shape index (κ3) is 4.00. The highest BCUT2D eigenvalue weighted by atomic mass is 19.4. The number of fused-ring (bicyclic) bond motifs is 2. The second-order valence-corrected chi connectivity index (χ2v) is 8.36. The number of halogens is 3. The van der Waals surface area contributed by atoms with Gasteiger partial charge in [0, 0.05) is 48.5 Å². The minimum atomic E-state index is -4.46. The zero-order valence-electron chi connectivity index (χ0n) is 19.6. The molecule has 36 heavy (non-hydrogen) atoms. The molecule has 7 nitrogen and oxygen atoms in total. The largest absolute Gasteiger partial charge is 0.416 e. The van der Waals surface area contributed by atoms with Gasteiger partial charge in [-0.05, 0) is 53.8 Å². The van der Waals surface area contributed by atoms with E-state index in [0.717, 1.165) is 23.1 Å². The van der Waals surface area contributed by atoms with Crippen molar-refractivity contribution in [2.75, 3.05) is 17.7 Å². The molecule has 0 unspecified atom stereocenters. The van der Waals surface area contributed by atoms with Gasteiger partial charge in [-0.2, -0.15) is 18.2 Å². The minimum Gasteiger partial charge on any atom is -0.357 e. The molecular weight excluding hydrogens is 469 g/mol. The lowest BCUT2D eigenvalue weighted by Gasteiger charge is -2.16. The summed E-state index contributed by atoms with van der Waals surface area (Å²) in [5.41, 5.74) is 1.80. The van der Waals surface area contributed by atoms with Crippen LogP contribution in [0.5, 0.6) is 0 Å². The second-order valence-electron chi connectivity index (χ2n) is 8.36. The van der Waals surface area contributed by atoms with E-state index in [0.29, 0.717) is 39.3 Å². The Hall–Kier alpha value is -4.47. The predicted molar refractivity (Wildman–Crippen MR) is 135 cm³/mol. The molecule has 3 heterocycles. The van der Waals surface area contributed by atoms with Crippen molar-refractivity contribution in [3.63, 3.8) is 0 Å². The second kappa shape index (κ2) is 8.63. The highest BCUT2D eigenvalue weighted by molar-refractivity contribution is 6.04. The molecule has 3 aromatic heterocycles. The van der Waals surface area contributed by atoms with Crippen LogP contribution in [-0.2, 0) is 13.2 Å². The van der Waals surface area contributed by atoms with Gasteiger partial charge in [-0.15, -0.1) is 0 Å². The van der Waals surface area contributed by atoms with E-state index in [4.69, 9.17) is 0 Å². The molecule has 0 atom stereocenters. The Labute approximate surface area is 203 Å². The minimum absolute atomic E-state index is 0.233. The number of nitrogens with zero attached hydrogens (tertiary/aromatic N) is 4. The van der Waals surface area contributed by atoms with Crippen molar-refractivity contribution in [1.82, 2.24) is 19.5 Å². The monoisotopic (exact) mass is 490 g/mol. The van der Waals surface area contributed by atoms with Gasteiger partial charge in [0.05, 0.1) is 5.56 Å². The summed E-state index contributed by atoms with van der Waals surface area (Å²) < 4.78 is 41.0. The molecule has 0 aliphatic rings. The first-order valence-corrected chi connectivity index (χ1v) is 11.0. The molecule has 0 bridgehead atoms. The highest BCUT2D eigenvalue weighted by Gasteiger charge is 2.30. The number of benzene rings is 2. The maximum Gasteiger partial charge on any atom is 0.416 e. The smallest absolute Gasteiger partial charge is 0.357 e. The van der Waals surface area contributed by atoms with E-state index < -0.39 is 11.7 Å². The van der Waals surface area contributed by atoms with Crippen LogP contribution < -0.4 is 16.2 Å². The number of nitrogens with one attached hydrogen (secondary N) is 2. The summed E-state index contributed by atoms with van der Waals surface area (Å²) in [4.78, 5) is 26.5. The summed E-state index contributed by atoms with van der Waals surface area (Å²) in [7, 11) is 3.36. The van der Waals surface area contributed by atoms with E-state index in [9.17, 15) is 18.0 Å². The van der Waals surface area contributed by atoms with Crippen LogP contribution in [0.3, 0.4) is 0 Å². The van der Waals surface area contributed by atoms with Gasteiger partial charge in [0.25, 0.3) is 5.56 Å². The van der Waals surface area contributed by atoms with Crippen molar-refractivity contribution < 1.29 is 13.2 Å². The van der Waals surface area contributed by atoms with E-state index in [1.807, 2.05) is 19.1 Å². The number of hydrogen-bond donors (Lipinski definition) is 2. The zero-order valence-corrected chi connectivity index (χ0v) is 19.6. The van der Waals surface area contributed by atoms with Gasteiger partial charge in [-0.25, -0.2) is 9.97 Å². The van der Waals surface area contributed by atoms with E-state index in [-0.39, 0.29) is 11.2 Å². The summed E-state index contributed by atoms with van der Waals surface area (Å²) in [6.07, 6.45) is -1.24. The molecule has 0 aliphatic carbocycles. The fourth-order valence-corrected chi connectivity index (χ4v) is 4.28. The van der Waals surface area contributed by atoms with Crippen molar-refractivity contribution >= 4 is 39.3 Å². The van der Waals surface area contributed by atoms with Crippen molar-refractivity contribution in [1.29, 1.82) is 0 Å². The van der Waals surface area contributed by atoms with Crippen LogP contribution >= 0.6 is 0 Å². The molecule has 182 valence electrons. The van der Waals surface area contributed by atoms with Gasteiger partial charge in [0.1, 0.15) is 11.5 Å². The van der Waals surface area contributed by atoms with Crippen LogP contribution in [0, 0.1) is 6.92 Å². The molecule has 2 N–H and O–H groups in total. The molecular formula is C26H21F3N6O. The molecule has 0 amide bonds. The first kappa shape index (κ1) is 23.3. The van der Waals surface area contributed by atoms with Gasteiger partial charge >= 0.3 is 6.18 Å². The number of aromatic nitrogens is 4. The molecule has 10 heteroatoms. The van der Waals surface area contributed by atoms with E-state index in [1.165, 1.54) is 10.6 Å².